The summed E-state index contributed by atoms with van der Waals surface area (Å²) in [6.07, 6.45) is 0.127. The average Bonchev–Trinajstić information content (AvgIpc) is 2.54. The summed E-state index contributed by atoms with van der Waals surface area (Å²) >= 11 is 0. The fourth-order valence-electron chi connectivity index (χ4n) is 2.31. The predicted molar refractivity (Wildman–Crippen MR) is 93.5 cm³/mol. The van der Waals surface area contributed by atoms with Gasteiger partial charge < -0.3 is 14.9 Å². The van der Waals surface area contributed by atoms with Crippen LogP contribution in [0.15, 0.2) is 54.6 Å². The summed E-state index contributed by atoms with van der Waals surface area (Å²) in [4.78, 5) is 24.2. The van der Waals surface area contributed by atoms with Gasteiger partial charge in [-0.3, -0.25) is 4.79 Å². The van der Waals surface area contributed by atoms with E-state index in [9.17, 15) is 19.8 Å². The van der Waals surface area contributed by atoms with E-state index in [4.69, 9.17) is 4.74 Å². The number of hydrogen-bond donors (Lipinski definition) is 2. The summed E-state index contributed by atoms with van der Waals surface area (Å²) in [5.41, 5.74) is -2.03. The van der Waals surface area contributed by atoms with Gasteiger partial charge in [-0.1, -0.05) is 30.3 Å². The third kappa shape index (κ3) is 4.98. The number of benzene rings is 2. The number of carbonyl (C=O) groups excluding carboxylic acids is 2. The lowest BCUT2D eigenvalue weighted by atomic mass is 9.96. The molecule has 2 N–H and O–H groups in total. The summed E-state index contributed by atoms with van der Waals surface area (Å²) in [5.74, 6) is -0.995. The van der Waals surface area contributed by atoms with E-state index in [2.05, 4.69) is 0 Å². The molecule has 0 aliphatic rings. The van der Waals surface area contributed by atoms with E-state index in [0.717, 1.165) is 5.56 Å². The number of Topliss-reactive ketones (excluding diaryl/α,β-unsaturated/α-hetero) is 1. The minimum Gasteiger partial charge on any atom is -0.424 e. The normalized spacial score (nSPS) is 13.8. The van der Waals surface area contributed by atoms with Crippen molar-refractivity contribution in [2.75, 3.05) is 0 Å². The summed E-state index contributed by atoms with van der Waals surface area (Å²) < 4.78 is 5.21. The third-order valence-electron chi connectivity index (χ3n) is 3.71. The van der Waals surface area contributed by atoms with Crippen LogP contribution in [0, 0.1) is 0 Å². The first-order chi connectivity index (χ1) is 11.6. The lowest BCUT2D eigenvalue weighted by Gasteiger charge is -2.21. The molecule has 0 radical (unpaired) electrons. The van der Waals surface area contributed by atoms with Gasteiger partial charge in [0.15, 0.2) is 11.4 Å². The largest absolute Gasteiger partial charge is 0.424 e. The van der Waals surface area contributed by atoms with Gasteiger partial charge in [-0.15, -0.1) is 0 Å². The van der Waals surface area contributed by atoms with E-state index in [0.29, 0.717) is 5.56 Å². The van der Waals surface area contributed by atoms with Gasteiger partial charge in [0.1, 0.15) is 11.4 Å². The minimum absolute atomic E-state index is 0.127. The van der Waals surface area contributed by atoms with Gasteiger partial charge in [0.2, 0.25) is 0 Å². The van der Waals surface area contributed by atoms with Crippen molar-refractivity contribution >= 4 is 11.8 Å². The Balaban J connectivity index is 2.06. The highest BCUT2D eigenvalue weighted by atomic mass is 16.6. The lowest BCUT2D eigenvalue weighted by molar-refractivity contribution is -0.153. The Morgan fingerprint density at radius 3 is 2.00 bits per heavy atom. The van der Waals surface area contributed by atoms with Gasteiger partial charge in [-0.25, -0.2) is 4.79 Å². The zero-order chi connectivity index (χ0) is 18.7. The van der Waals surface area contributed by atoms with Crippen LogP contribution in [0.3, 0.4) is 0 Å². The smallest absolute Gasteiger partial charge is 0.343 e. The van der Waals surface area contributed by atoms with Crippen LogP contribution in [0.1, 0.15) is 36.7 Å². The molecule has 2 aromatic rings. The Hall–Kier alpha value is -2.50. The number of carbonyl (C=O) groups is 2. The molecule has 0 fully saturated rings. The first-order valence-corrected chi connectivity index (χ1v) is 7.95. The number of aliphatic hydroxyl groups is 2. The molecular formula is C20H22O5. The van der Waals surface area contributed by atoms with E-state index in [-0.39, 0.29) is 12.2 Å². The molecule has 0 spiro atoms. The molecule has 0 amide bonds. The van der Waals surface area contributed by atoms with E-state index in [1.807, 2.05) is 30.3 Å². The minimum atomic E-state index is -1.68. The van der Waals surface area contributed by atoms with Crippen LogP contribution >= 0.6 is 0 Å². The quantitative estimate of drug-likeness (QED) is 0.479. The fraction of sp³-hybridized carbons (Fsp3) is 0.300. The molecule has 0 aliphatic heterocycles. The van der Waals surface area contributed by atoms with Crippen LogP contribution in [0.5, 0.6) is 5.75 Å². The van der Waals surface area contributed by atoms with Gasteiger partial charge in [0.05, 0.1) is 0 Å². The Kier molecular flexibility index (Phi) is 5.40. The molecule has 0 saturated carbocycles. The van der Waals surface area contributed by atoms with Crippen molar-refractivity contribution in [1.29, 1.82) is 0 Å². The molecule has 1 unspecified atom stereocenters. The van der Waals surface area contributed by atoms with E-state index in [1.165, 1.54) is 45.0 Å². The van der Waals surface area contributed by atoms with E-state index < -0.39 is 23.0 Å². The second-order valence-corrected chi connectivity index (χ2v) is 6.74. The molecule has 5 heteroatoms. The summed E-state index contributed by atoms with van der Waals surface area (Å²) in [6, 6.07) is 15.0. The zero-order valence-corrected chi connectivity index (χ0v) is 14.5. The molecule has 2 rings (SSSR count). The van der Waals surface area contributed by atoms with Crippen molar-refractivity contribution in [3.8, 4) is 5.75 Å². The molecule has 1 atom stereocenters. The van der Waals surface area contributed by atoms with Crippen molar-refractivity contribution in [2.45, 2.75) is 38.4 Å². The molecule has 5 nitrogen and oxygen atoms in total. The Morgan fingerprint density at radius 1 is 0.920 bits per heavy atom. The standard InChI is InChI=1S/C20H22O5/c1-19(2,23)17(21)15-9-11-16(12-10-15)25-18(22)20(3,24)13-14-7-5-4-6-8-14/h4-12,23-24H,13H2,1-3H3. The maximum atomic E-state index is 12.2. The Labute approximate surface area is 146 Å². The molecule has 2 aromatic carbocycles. The predicted octanol–water partition coefficient (Wildman–Crippen LogP) is 2.54. The van der Waals surface area contributed by atoms with E-state index in [1.54, 1.807) is 0 Å². The van der Waals surface area contributed by atoms with Crippen LogP contribution in [0.2, 0.25) is 0 Å². The molecular weight excluding hydrogens is 320 g/mol. The number of esters is 1. The number of hydrogen-bond acceptors (Lipinski definition) is 5. The van der Waals surface area contributed by atoms with Crippen molar-refractivity contribution < 1.29 is 24.5 Å². The maximum absolute atomic E-state index is 12.2. The molecule has 0 bridgehead atoms. The highest BCUT2D eigenvalue weighted by molar-refractivity contribution is 6.01. The van der Waals surface area contributed by atoms with Crippen LogP contribution in [0.4, 0.5) is 0 Å². The summed E-state index contributed by atoms with van der Waals surface area (Å²) in [6.45, 7) is 4.21. The molecule has 0 aliphatic carbocycles. The highest BCUT2D eigenvalue weighted by Crippen LogP contribution is 2.20. The number of rotatable bonds is 6. The first-order valence-electron chi connectivity index (χ1n) is 7.95. The van der Waals surface area contributed by atoms with E-state index >= 15 is 0 Å². The van der Waals surface area contributed by atoms with Crippen LogP contribution in [0.25, 0.3) is 0 Å². The van der Waals surface area contributed by atoms with Crippen molar-refractivity contribution in [3.63, 3.8) is 0 Å². The average molecular weight is 342 g/mol. The van der Waals surface area contributed by atoms with Gasteiger partial charge >= 0.3 is 5.97 Å². The van der Waals surface area contributed by atoms with Gasteiger partial charge in [0.25, 0.3) is 0 Å². The second kappa shape index (κ2) is 7.17. The maximum Gasteiger partial charge on any atom is 0.343 e. The van der Waals surface area contributed by atoms with Crippen molar-refractivity contribution in [3.05, 3.63) is 65.7 Å². The number of ether oxygens (including phenoxy) is 1. The van der Waals surface area contributed by atoms with Gasteiger partial charge in [-0.05, 0) is 50.6 Å². The second-order valence-electron chi connectivity index (χ2n) is 6.74. The van der Waals surface area contributed by atoms with Gasteiger partial charge in [0, 0.05) is 12.0 Å². The van der Waals surface area contributed by atoms with Crippen LogP contribution in [-0.2, 0) is 11.2 Å². The molecule has 132 valence electrons. The monoisotopic (exact) mass is 342 g/mol. The topological polar surface area (TPSA) is 83.8 Å². The SMILES string of the molecule is CC(C)(O)C(=O)c1ccc(OC(=O)C(C)(O)Cc2ccccc2)cc1. The molecule has 0 aromatic heterocycles. The highest BCUT2D eigenvalue weighted by Gasteiger charge is 2.33. The molecule has 0 heterocycles. The van der Waals surface area contributed by atoms with Crippen molar-refractivity contribution in [1.82, 2.24) is 0 Å². The van der Waals surface area contributed by atoms with Crippen molar-refractivity contribution in [2.24, 2.45) is 0 Å². The number of ketones is 1. The third-order valence-corrected chi connectivity index (χ3v) is 3.71. The fourth-order valence-corrected chi connectivity index (χ4v) is 2.31. The molecule has 25 heavy (non-hydrogen) atoms. The Morgan fingerprint density at radius 2 is 1.48 bits per heavy atom. The summed E-state index contributed by atoms with van der Waals surface area (Å²) in [5, 5.41) is 20.1. The summed E-state index contributed by atoms with van der Waals surface area (Å²) in [7, 11) is 0. The molecule has 0 saturated heterocycles. The Bertz CT molecular complexity index is 740. The van der Waals surface area contributed by atoms with Crippen LogP contribution in [-0.4, -0.2) is 33.2 Å². The van der Waals surface area contributed by atoms with Gasteiger partial charge in [-0.2, -0.15) is 0 Å². The zero-order valence-electron chi connectivity index (χ0n) is 14.5. The first kappa shape index (κ1) is 18.8. The van der Waals surface area contributed by atoms with Crippen LogP contribution < -0.4 is 4.74 Å². The lowest BCUT2D eigenvalue weighted by Crippen LogP contribution is -2.40.